The summed E-state index contributed by atoms with van der Waals surface area (Å²) in [6.45, 7) is 5.30. The summed E-state index contributed by atoms with van der Waals surface area (Å²) < 4.78 is 6.10. The van der Waals surface area contributed by atoms with Crippen LogP contribution in [0.5, 0.6) is 0 Å². The standard InChI is InChI=1S/C23H24N2O/c1-5-24(3)19-11-7-8-12-20(19)25(4)21-15-23-18(14-16(21)2)17-10-6-9-13-22(17)26-23/h6-15H,5H2,1-4H3. The van der Waals surface area contributed by atoms with Gasteiger partial charge in [-0.05, 0) is 43.7 Å². The highest BCUT2D eigenvalue weighted by Crippen LogP contribution is 2.38. The molecule has 1 aromatic heterocycles. The van der Waals surface area contributed by atoms with Crippen molar-refractivity contribution in [1.82, 2.24) is 0 Å². The van der Waals surface area contributed by atoms with Crippen molar-refractivity contribution in [1.29, 1.82) is 0 Å². The molecule has 0 saturated heterocycles. The molecule has 0 amide bonds. The van der Waals surface area contributed by atoms with Gasteiger partial charge in [0.1, 0.15) is 11.2 Å². The summed E-state index contributed by atoms with van der Waals surface area (Å²) in [6.07, 6.45) is 0. The molecule has 4 aromatic rings. The molecular formula is C23H24N2O. The van der Waals surface area contributed by atoms with Crippen molar-refractivity contribution in [2.24, 2.45) is 0 Å². The van der Waals surface area contributed by atoms with E-state index >= 15 is 0 Å². The van der Waals surface area contributed by atoms with Gasteiger partial charge >= 0.3 is 0 Å². The van der Waals surface area contributed by atoms with Crippen molar-refractivity contribution in [3.63, 3.8) is 0 Å². The Kier molecular flexibility index (Phi) is 4.08. The van der Waals surface area contributed by atoms with Crippen LogP contribution in [0, 0.1) is 6.92 Å². The number of hydrogen-bond acceptors (Lipinski definition) is 3. The van der Waals surface area contributed by atoms with E-state index in [1.807, 2.05) is 12.1 Å². The molecule has 0 radical (unpaired) electrons. The summed E-state index contributed by atoms with van der Waals surface area (Å²) in [4.78, 5) is 4.52. The largest absolute Gasteiger partial charge is 0.456 e. The van der Waals surface area contributed by atoms with Crippen LogP contribution in [0.15, 0.2) is 65.1 Å². The molecule has 0 unspecified atom stereocenters. The van der Waals surface area contributed by atoms with Gasteiger partial charge in [-0.2, -0.15) is 0 Å². The summed E-state index contributed by atoms with van der Waals surface area (Å²) in [6, 6.07) is 21.1. The number of aryl methyl sites for hydroxylation is 1. The van der Waals surface area contributed by atoms with Crippen molar-refractivity contribution in [3.05, 3.63) is 66.2 Å². The molecule has 0 fully saturated rings. The molecule has 4 rings (SSSR count). The molecular weight excluding hydrogens is 320 g/mol. The molecule has 26 heavy (non-hydrogen) atoms. The molecule has 3 aromatic carbocycles. The van der Waals surface area contributed by atoms with Gasteiger partial charge in [0.15, 0.2) is 0 Å². The van der Waals surface area contributed by atoms with Crippen LogP contribution in [0.4, 0.5) is 17.1 Å². The first-order valence-electron chi connectivity index (χ1n) is 9.06. The third kappa shape index (κ3) is 2.60. The molecule has 3 heteroatoms. The lowest BCUT2D eigenvalue weighted by atomic mass is 10.1. The first kappa shape index (κ1) is 16.5. The highest BCUT2D eigenvalue weighted by Gasteiger charge is 2.16. The molecule has 0 saturated carbocycles. The summed E-state index contributed by atoms with van der Waals surface area (Å²) in [7, 11) is 4.25. The number of fused-ring (bicyclic) bond motifs is 3. The second kappa shape index (κ2) is 6.41. The third-order valence-electron chi connectivity index (χ3n) is 5.19. The molecule has 0 atom stereocenters. The van der Waals surface area contributed by atoms with Crippen LogP contribution in [-0.2, 0) is 0 Å². The van der Waals surface area contributed by atoms with Crippen LogP contribution >= 0.6 is 0 Å². The number of para-hydroxylation sites is 3. The number of nitrogens with zero attached hydrogens (tertiary/aromatic N) is 2. The van der Waals surface area contributed by atoms with Gasteiger partial charge in [0, 0.05) is 43.2 Å². The molecule has 0 aliphatic carbocycles. The minimum Gasteiger partial charge on any atom is -0.456 e. The van der Waals surface area contributed by atoms with Gasteiger partial charge in [0.25, 0.3) is 0 Å². The van der Waals surface area contributed by atoms with Gasteiger partial charge in [-0.15, -0.1) is 0 Å². The maximum atomic E-state index is 6.10. The van der Waals surface area contributed by atoms with Crippen molar-refractivity contribution >= 4 is 39.0 Å². The van der Waals surface area contributed by atoms with E-state index in [1.165, 1.54) is 27.7 Å². The highest BCUT2D eigenvalue weighted by molar-refractivity contribution is 6.06. The number of anilines is 3. The molecule has 3 nitrogen and oxygen atoms in total. The van der Waals surface area contributed by atoms with Crippen LogP contribution in [0.3, 0.4) is 0 Å². The lowest BCUT2D eigenvalue weighted by Gasteiger charge is -2.28. The fourth-order valence-electron chi connectivity index (χ4n) is 3.60. The average molecular weight is 344 g/mol. The van der Waals surface area contributed by atoms with E-state index in [0.717, 1.165) is 23.4 Å². The van der Waals surface area contributed by atoms with E-state index in [1.54, 1.807) is 0 Å². The van der Waals surface area contributed by atoms with Crippen LogP contribution < -0.4 is 9.80 Å². The minimum atomic E-state index is 0.931. The Bertz CT molecular complexity index is 1080. The molecule has 0 bridgehead atoms. The Balaban J connectivity index is 1.86. The summed E-state index contributed by atoms with van der Waals surface area (Å²) in [5.41, 5.74) is 6.68. The van der Waals surface area contributed by atoms with E-state index in [-0.39, 0.29) is 0 Å². The lowest BCUT2D eigenvalue weighted by molar-refractivity contribution is 0.669. The van der Waals surface area contributed by atoms with Gasteiger partial charge < -0.3 is 14.2 Å². The van der Waals surface area contributed by atoms with E-state index in [9.17, 15) is 0 Å². The predicted octanol–water partition coefficient (Wildman–Crippen LogP) is 6.12. The summed E-state index contributed by atoms with van der Waals surface area (Å²) in [5.74, 6) is 0. The first-order valence-corrected chi connectivity index (χ1v) is 9.06. The van der Waals surface area contributed by atoms with Gasteiger partial charge in [-0.3, -0.25) is 0 Å². The third-order valence-corrected chi connectivity index (χ3v) is 5.19. The normalized spacial score (nSPS) is 11.2. The molecule has 0 aliphatic heterocycles. The molecule has 0 aliphatic rings. The van der Waals surface area contributed by atoms with Crippen LogP contribution in [0.25, 0.3) is 21.9 Å². The van der Waals surface area contributed by atoms with Gasteiger partial charge in [-0.1, -0.05) is 30.3 Å². The van der Waals surface area contributed by atoms with E-state index in [0.29, 0.717) is 0 Å². The fourth-order valence-corrected chi connectivity index (χ4v) is 3.60. The zero-order valence-electron chi connectivity index (χ0n) is 15.8. The Hall–Kier alpha value is -2.94. The topological polar surface area (TPSA) is 19.6 Å². The number of benzene rings is 3. The number of hydrogen-bond donors (Lipinski definition) is 0. The van der Waals surface area contributed by atoms with Crippen molar-refractivity contribution in [2.45, 2.75) is 13.8 Å². The monoisotopic (exact) mass is 344 g/mol. The van der Waals surface area contributed by atoms with Gasteiger partial charge in [-0.25, -0.2) is 0 Å². The average Bonchev–Trinajstić information content (AvgIpc) is 3.03. The summed E-state index contributed by atoms with van der Waals surface area (Å²) >= 11 is 0. The SMILES string of the molecule is CCN(C)c1ccccc1N(C)c1cc2oc3ccccc3c2cc1C. The Morgan fingerprint density at radius 2 is 1.46 bits per heavy atom. The summed E-state index contributed by atoms with van der Waals surface area (Å²) in [5, 5.41) is 2.35. The van der Waals surface area contributed by atoms with Gasteiger partial charge in [0.2, 0.25) is 0 Å². The fraction of sp³-hybridized carbons (Fsp3) is 0.217. The number of rotatable bonds is 4. The molecule has 132 valence electrons. The predicted molar refractivity (Wildman–Crippen MR) is 112 cm³/mol. The van der Waals surface area contributed by atoms with Crippen LogP contribution in [-0.4, -0.2) is 20.6 Å². The Morgan fingerprint density at radius 3 is 2.23 bits per heavy atom. The Morgan fingerprint density at radius 1 is 0.769 bits per heavy atom. The van der Waals surface area contributed by atoms with Crippen molar-refractivity contribution in [2.75, 3.05) is 30.4 Å². The zero-order chi connectivity index (χ0) is 18.3. The Labute approximate surface area is 154 Å². The quantitative estimate of drug-likeness (QED) is 0.445. The first-order chi connectivity index (χ1) is 12.6. The highest BCUT2D eigenvalue weighted by atomic mass is 16.3. The minimum absolute atomic E-state index is 0.931. The van der Waals surface area contributed by atoms with E-state index in [4.69, 9.17) is 4.42 Å². The maximum Gasteiger partial charge on any atom is 0.137 e. The lowest BCUT2D eigenvalue weighted by Crippen LogP contribution is -2.20. The van der Waals surface area contributed by atoms with E-state index in [2.05, 4.69) is 86.3 Å². The smallest absolute Gasteiger partial charge is 0.137 e. The number of furan rings is 1. The van der Waals surface area contributed by atoms with Crippen LogP contribution in [0.1, 0.15) is 12.5 Å². The second-order valence-corrected chi connectivity index (χ2v) is 6.79. The molecule has 0 N–H and O–H groups in total. The van der Waals surface area contributed by atoms with Gasteiger partial charge in [0.05, 0.1) is 11.4 Å². The maximum absolute atomic E-state index is 6.10. The molecule has 0 spiro atoms. The zero-order valence-corrected chi connectivity index (χ0v) is 15.8. The van der Waals surface area contributed by atoms with E-state index < -0.39 is 0 Å². The van der Waals surface area contributed by atoms with Crippen molar-refractivity contribution in [3.8, 4) is 0 Å². The second-order valence-electron chi connectivity index (χ2n) is 6.79. The van der Waals surface area contributed by atoms with Crippen molar-refractivity contribution < 1.29 is 4.42 Å². The molecule has 1 heterocycles. The van der Waals surface area contributed by atoms with Crippen LogP contribution in [0.2, 0.25) is 0 Å².